The van der Waals surface area contributed by atoms with Crippen molar-refractivity contribution in [2.75, 3.05) is 33.0 Å². The lowest BCUT2D eigenvalue weighted by molar-refractivity contribution is -0.220. The predicted octanol–water partition coefficient (Wildman–Crippen LogP) is 5.52. The van der Waals surface area contributed by atoms with Crippen LogP contribution in [0, 0.1) is 0 Å². The van der Waals surface area contributed by atoms with Gasteiger partial charge in [-0.3, -0.25) is 0 Å². The first kappa shape index (κ1) is 28.8. The van der Waals surface area contributed by atoms with Crippen molar-refractivity contribution in [3.8, 4) is 0 Å². The van der Waals surface area contributed by atoms with E-state index >= 15 is 0 Å². The van der Waals surface area contributed by atoms with Gasteiger partial charge in [-0.2, -0.15) is 0 Å². The minimum Gasteiger partial charge on any atom is -0.390 e. The summed E-state index contributed by atoms with van der Waals surface area (Å²) in [5.74, 6) is 0. The Labute approximate surface area is 180 Å². The van der Waals surface area contributed by atoms with Crippen molar-refractivity contribution in [3.05, 3.63) is 0 Å². The zero-order valence-electron chi connectivity index (χ0n) is 20.2. The smallest absolute Gasteiger partial charge is 0.119 e. The van der Waals surface area contributed by atoms with Gasteiger partial charge >= 0.3 is 0 Å². The first-order valence-electron chi connectivity index (χ1n) is 12.1. The zero-order chi connectivity index (χ0) is 22.0. The van der Waals surface area contributed by atoms with Crippen LogP contribution in [-0.2, 0) is 18.9 Å². The Morgan fingerprint density at radius 1 is 0.724 bits per heavy atom. The first-order valence-corrected chi connectivity index (χ1v) is 12.1. The van der Waals surface area contributed by atoms with Crippen LogP contribution >= 0.6 is 0 Å². The number of hydrogen-bond donors (Lipinski definition) is 1. The SMILES string of the molecule is CCCCOCC[C@@H](OCCCC)C(OCCCC)C(C)(OCCCC)[C@@H](C)O. The molecule has 0 fully saturated rings. The molecule has 0 bridgehead atoms. The van der Waals surface area contributed by atoms with Gasteiger partial charge in [0, 0.05) is 33.0 Å². The molecule has 5 nitrogen and oxygen atoms in total. The molecule has 0 rings (SSSR count). The Kier molecular flexibility index (Phi) is 18.4. The molecular weight excluding hydrogens is 368 g/mol. The maximum absolute atomic E-state index is 10.7. The lowest BCUT2D eigenvalue weighted by Gasteiger charge is -2.43. The molecule has 176 valence electrons. The topological polar surface area (TPSA) is 57.2 Å². The fourth-order valence-corrected chi connectivity index (χ4v) is 3.12. The Bertz CT molecular complexity index is 350. The summed E-state index contributed by atoms with van der Waals surface area (Å²) in [6.07, 6.45) is 7.94. The molecule has 0 radical (unpaired) electrons. The van der Waals surface area contributed by atoms with Crippen LogP contribution in [0.4, 0.5) is 0 Å². The highest BCUT2D eigenvalue weighted by Crippen LogP contribution is 2.29. The van der Waals surface area contributed by atoms with Crippen LogP contribution in [0.1, 0.15) is 99.3 Å². The lowest BCUT2D eigenvalue weighted by Crippen LogP contribution is -2.57. The molecule has 0 aliphatic heterocycles. The lowest BCUT2D eigenvalue weighted by atomic mass is 9.87. The predicted molar refractivity (Wildman–Crippen MR) is 121 cm³/mol. The summed E-state index contributed by atoms with van der Waals surface area (Å²) in [6.45, 7) is 15.7. The molecule has 0 saturated heterocycles. The Balaban J connectivity index is 5.35. The second-order valence-corrected chi connectivity index (χ2v) is 8.22. The molecule has 0 aromatic rings. The Morgan fingerprint density at radius 3 is 1.79 bits per heavy atom. The zero-order valence-corrected chi connectivity index (χ0v) is 20.2. The number of aliphatic hydroxyl groups excluding tert-OH is 1. The highest BCUT2D eigenvalue weighted by Gasteiger charge is 2.45. The normalized spacial score (nSPS) is 17.1. The van der Waals surface area contributed by atoms with Gasteiger partial charge in [0.2, 0.25) is 0 Å². The van der Waals surface area contributed by atoms with Gasteiger partial charge in [0.05, 0.1) is 12.2 Å². The molecule has 29 heavy (non-hydrogen) atoms. The number of hydrogen-bond acceptors (Lipinski definition) is 5. The van der Waals surface area contributed by atoms with E-state index in [1.54, 1.807) is 6.92 Å². The highest BCUT2D eigenvalue weighted by atomic mass is 16.6. The molecule has 0 aromatic carbocycles. The third-order valence-corrected chi connectivity index (χ3v) is 5.46. The van der Waals surface area contributed by atoms with E-state index in [4.69, 9.17) is 18.9 Å². The Hall–Kier alpha value is -0.200. The molecule has 0 aromatic heterocycles. The summed E-state index contributed by atoms with van der Waals surface area (Å²) in [5.41, 5.74) is -0.816. The van der Waals surface area contributed by atoms with Crippen molar-refractivity contribution in [1.82, 2.24) is 0 Å². The number of rotatable bonds is 21. The molecule has 1 N–H and O–H groups in total. The van der Waals surface area contributed by atoms with Gasteiger partial charge < -0.3 is 24.1 Å². The van der Waals surface area contributed by atoms with Crippen LogP contribution in [0.2, 0.25) is 0 Å². The monoisotopic (exact) mass is 418 g/mol. The Morgan fingerprint density at radius 2 is 1.24 bits per heavy atom. The molecule has 0 heterocycles. The summed E-state index contributed by atoms with van der Waals surface area (Å²) in [6, 6.07) is 0. The van der Waals surface area contributed by atoms with Gasteiger partial charge in [-0.1, -0.05) is 53.4 Å². The summed E-state index contributed by atoms with van der Waals surface area (Å²) in [4.78, 5) is 0. The highest BCUT2D eigenvalue weighted by molar-refractivity contribution is 4.95. The van der Waals surface area contributed by atoms with E-state index in [1.807, 2.05) is 6.92 Å². The van der Waals surface area contributed by atoms with Crippen molar-refractivity contribution in [2.24, 2.45) is 0 Å². The standard InChI is InChI=1S/C24H50O5/c1-7-11-16-26-20-15-22(27-17-12-8-2)23(28-18-13-9-3)24(6,21(5)25)29-19-14-10-4/h21-23,25H,7-20H2,1-6H3/t21-,22-,23?,24?/m1/s1. The maximum atomic E-state index is 10.7. The van der Waals surface area contributed by atoms with E-state index in [1.165, 1.54) is 0 Å². The number of ether oxygens (including phenoxy) is 4. The summed E-state index contributed by atoms with van der Waals surface area (Å²) < 4.78 is 24.7. The fraction of sp³-hybridized carbons (Fsp3) is 1.00. The van der Waals surface area contributed by atoms with Gasteiger partial charge in [-0.15, -0.1) is 0 Å². The molecule has 5 heteroatoms. The molecule has 4 atom stereocenters. The summed E-state index contributed by atoms with van der Waals surface area (Å²) >= 11 is 0. The van der Waals surface area contributed by atoms with Gasteiger partial charge in [0.1, 0.15) is 11.7 Å². The van der Waals surface area contributed by atoms with E-state index in [-0.39, 0.29) is 12.2 Å². The third-order valence-electron chi connectivity index (χ3n) is 5.46. The van der Waals surface area contributed by atoms with E-state index in [9.17, 15) is 5.11 Å². The largest absolute Gasteiger partial charge is 0.390 e. The number of unbranched alkanes of at least 4 members (excludes halogenated alkanes) is 4. The van der Waals surface area contributed by atoms with Gasteiger partial charge in [-0.25, -0.2) is 0 Å². The van der Waals surface area contributed by atoms with E-state index < -0.39 is 11.7 Å². The van der Waals surface area contributed by atoms with Crippen molar-refractivity contribution >= 4 is 0 Å². The summed E-state index contributed by atoms with van der Waals surface area (Å²) in [7, 11) is 0. The van der Waals surface area contributed by atoms with E-state index in [0.29, 0.717) is 26.4 Å². The minimum atomic E-state index is -0.816. The first-order chi connectivity index (χ1) is 14.0. The molecule has 0 aliphatic rings. The molecule has 0 saturated carbocycles. The average Bonchev–Trinajstić information content (AvgIpc) is 2.70. The molecule has 0 spiro atoms. The van der Waals surface area contributed by atoms with Crippen molar-refractivity contribution in [3.63, 3.8) is 0 Å². The van der Waals surface area contributed by atoms with Gasteiger partial charge in [0.25, 0.3) is 0 Å². The van der Waals surface area contributed by atoms with Crippen LogP contribution in [0.25, 0.3) is 0 Å². The molecular formula is C24H50O5. The fourth-order valence-electron chi connectivity index (χ4n) is 3.12. The van der Waals surface area contributed by atoms with Crippen LogP contribution in [0.15, 0.2) is 0 Å². The van der Waals surface area contributed by atoms with Crippen LogP contribution < -0.4 is 0 Å². The second-order valence-electron chi connectivity index (χ2n) is 8.22. The quantitative estimate of drug-likeness (QED) is 0.249. The molecule has 0 amide bonds. The van der Waals surface area contributed by atoms with Crippen molar-refractivity contribution in [2.45, 2.75) is 123 Å². The van der Waals surface area contributed by atoms with Crippen molar-refractivity contribution < 1.29 is 24.1 Å². The van der Waals surface area contributed by atoms with Gasteiger partial charge in [-0.05, 0) is 46.0 Å². The minimum absolute atomic E-state index is 0.166. The van der Waals surface area contributed by atoms with Crippen LogP contribution in [0.3, 0.4) is 0 Å². The van der Waals surface area contributed by atoms with E-state index in [2.05, 4.69) is 27.7 Å². The van der Waals surface area contributed by atoms with Crippen molar-refractivity contribution in [1.29, 1.82) is 0 Å². The third kappa shape index (κ3) is 12.3. The van der Waals surface area contributed by atoms with Crippen LogP contribution in [0.5, 0.6) is 0 Å². The van der Waals surface area contributed by atoms with Crippen LogP contribution in [-0.4, -0.2) is 62.1 Å². The summed E-state index contributed by atoms with van der Waals surface area (Å²) in [5, 5.41) is 10.7. The second kappa shape index (κ2) is 18.6. The van der Waals surface area contributed by atoms with Gasteiger partial charge in [0.15, 0.2) is 0 Å². The average molecular weight is 419 g/mol. The molecule has 2 unspecified atom stereocenters. The molecule has 0 aliphatic carbocycles. The number of aliphatic hydroxyl groups is 1. The maximum Gasteiger partial charge on any atom is 0.119 e. The van der Waals surface area contributed by atoms with E-state index in [0.717, 1.165) is 64.4 Å².